The third kappa shape index (κ3) is 5.61. The quantitative estimate of drug-likeness (QED) is 0.659. The zero-order chi connectivity index (χ0) is 21.6. The molecule has 1 unspecified atom stereocenters. The Balaban J connectivity index is 1.34. The summed E-state index contributed by atoms with van der Waals surface area (Å²) in [6, 6.07) is 12.3. The molecule has 0 aliphatic carbocycles. The smallest absolute Gasteiger partial charge is 0.322 e. The summed E-state index contributed by atoms with van der Waals surface area (Å²) in [6.07, 6.45) is 1.86. The van der Waals surface area contributed by atoms with Crippen molar-refractivity contribution in [1.82, 2.24) is 19.7 Å². The van der Waals surface area contributed by atoms with Gasteiger partial charge in [0.1, 0.15) is 18.4 Å². The number of carbonyl (C=O) groups excluding carboxylic acids is 1. The van der Waals surface area contributed by atoms with Gasteiger partial charge in [0.05, 0.1) is 12.8 Å². The third-order valence-corrected chi connectivity index (χ3v) is 6.21. The number of piperazine rings is 1. The maximum Gasteiger partial charge on any atom is 0.322 e. The van der Waals surface area contributed by atoms with Gasteiger partial charge in [0.2, 0.25) is 0 Å². The Morgan fingerprint density at radius 2 is 1.87 bits per heavy atom. The number of pyridine rings is 1. The van der Waals surface area contributed by atoms with Crippen LogP contribution in [0.2, 0.25) is 0 Å². The molecule has 0 radical (unpaired) electrons. The van der Waals surface area contributed by atoms with Crippen molar-refractivity contribution < 1.29 is 14.3 Å². The van der Waals surface area contributed by atoms with Gasteiger partial charge in [-0.3, -0.25) is 24.5 Å². The second kappa shape index (κ2) is 10.2. The van der Waals surface area contributed by atoms with Crippen molar-refractivity contribution in [2.45, 2.75) is 32.6 Å². The molecule has 1 aromatic carbocycles. The van der Waals surface area contributed by atoms with E-state index in [0.29, 0.717) is 19.7 Å². The Labute approximate surface area is 184 Å². The molecular weight excluding hydrogens is 392 g/mol. The molecule has 2 aliphatic rings. The molecule has 0 spiro atoms. The second-order valence-electron chi connectivity index (χ2n) is 8.33. The summed E-state index contributed by atoms with van der Waals surface area (Å²) < 4.78 is 10.9. The Kier molecular flexibility index (Phi) is 7.17. The molecule has 0 saturated carbocycles. The van der Waals surface area contributed by atoms with Crippen LogP contribution in [0.3, 0.4) is 0 Å². The van der Waals surface area contributed by atoms with Gasteiger partial charge in [-0.1, -0.05) is 12.1 Å². The fourth-order valence-electron chi connectivity index (χ4n) is 4.30. The van der Waals surface area contributed by atoms with Gasteiger partial charge in [-0.05, 0) is 36.8 Å². The summed E-state index contributed by atoms with van der Waals surface area (Å²) in [7, 11) is 1.44. The van der Waals surface area contributed by atoms with Crippen molar-refractivity contribution in [1.29, 1.82) is 0 Å². The number of esters is 1. The summed E-state index contributed by atoms with van der Waals surface area (Å²) in [5.41, 5.74) is 3.56. The molecule has 166 valence electrons. The third-order valence-electron chi connectivity index (χ3n) is 6.21. The van der Waals surface area contributed by atoms with E-state index in [4.69, 9.17) is 9.47 Å². The molecular formula is C24H32N4O3. The van der Waals surface area contributed by atoms with Gasteiger partial charge in [0, 0.05) is 64.1 Å². The molecule has 1 atom stereocenters. The van der Waals surface area contributed by atoms with Crippen LogP contribution in [0.5, 0.6) is 5.75 Å². The lowest BCUT2D eigenvalue weighted by Crippen LogP contribution is -2.45. The SMILES string of the molecule is COC(=O)C(C)N1CCOc2ccc(CN3CCN(Cc4ccccn4)CC3)cc2C1. The Bertz CT molecular complexity index is 868. The minimum Gasteiger partial charge on any atom is -0.492 e. The van der Waals surface area contributed by atoms with Gasteiger partial charge >= 0.3 is 5.97 Å². The van der Waals surface area contributed by atoms with Crippen LogP contribution in [0.1, 0.15) is 23.7 Å². The predicted molar refractivity (Wildman–Crippen MR) is 119 cm³/mol. The van der Waals surface area contributed by atoms with Crippen LogP contribution in [-0.2, 0) is 29.2 Å². The summed E-state index contributed by atoms with van der Waals surface area (Å²) in [5, 5.41) is 0. The molecule has 1 aromatic heterocycles. The first-order chi connectivity index (χ1) is 15.1. The molecule has 7 heteroatoms. The number of ether oxygens (including phenoxy) is 2. The first-order valence-electron chi connectivity index (χ1n) is 11.0. The molecule has 2 aromatic rings. The van der Waals surface area contributed by atoms with E-state index in [1.165, 1.54) is 12.7 Å². The molecule has 1 fully saturated rings. The Hall–Kier alpha value is -2.48. The van der Waals surface area contributed by atoms with Crippen LogP contribution in [-0.4, -0.2) is 78.1 Å². The van der Waals surface area contributed by atoms with E-state index in [2.05, 4.69) is 43.9 Å². The maximum absolute atomic E-state index is 12.0. The molecule has 1 saturated heterocycles. The van der Waals surface area contributed by atoms with Gasteiger partial charge in [-0.2, -0.15) is 0 Å². The molecule has 31 heavy (non-hydrogen) atoms. The minimum absolute atomic E-state index is 0.205. The average Bonchev–Trinajstić information content (AvgIpc) is 3.02. The monoisotopic (exact) mass is 424 g/mol. The van der Waals surface area contributed by atoms with Crippen molar-refractivity contribution in [3.8, 4) is 5.75 Å². The minimum atomic E-state index is -0.282. The number of methoxy groups -OCH3 is 1. The van der Waals surface area contributed by atoms with Gasteiger partial charge < -0.3 is 9.47 Å². The first kappa shape index (κ1) is 21.7. The first-order valence-corrected chi connectivity index (χ1v) is 11.0. The second-order valence-corrected chi connectivity index (χ2v) is 8.33. The number of nitrogens with zero attached hydrogens (tertiary/aromatic N) is 4. The molecule has 0 N–H and O–H groups in total. The van der Waals surface area contributed by atoms with E-state index < -0.39 is 0 Å². The van der Waals surface area contributed by atoms with Crippen LogP contribution >= 0.6 is 0 Å². The van der Waals surface area contributed by atoms with E-state index in [0.717, 1.165) is 56.3 Å². The average molecular weight is 425 g/mol. The number of hydrogen-bond donors (Lipinski definition) is 0. The number of benzene rings is 1. The standard InChI is InChI=1S/C24H32N4O3/c1-19(24(29)30-2)28-13-14-31-23-7-6-20(15-21(23)17-28)16-26-9-11-27(12-10-26)18-22-5-3-4-8-25-22/h3-8,15,19H,9-14,16-18H2,1-2H3. The molecule has 2 aliphatic heterocycles. The van der Waals surface area contributed by atoms with E-state index in [-0.39, 0.29) is 12.0 Å². The lowest BCUT2D eigenvalue weighted by Gasteiger charge is -2.34. The van der Waals surface area contributed by atoms with Gasteiger partial charge in [0.25, 0.3) is 0 Å². The van der Waals surface area contributed by atoms with Crippen LogP contribution in [0.15, 0.2) is 42.6 Å². The topological polar surface area (TPSA) is 58.1 Å². The fourth-order valence-corrected chi connectivity index (χ4v) is 4.30. The van der Waals surface area contributed by atoms with E-state index in [9.17, 15) is 4.79 Å². The van der Waals surface area contributed by atoms with Gasteiger partial charge in [0.15, 0.2) is 0 Å². The van der Waals surface area contributed by atoms with Crippen molar-refractivity contribution in [3.05, 3.63) is 59.4 Å². The lowest BCUT2D eigenvalue weighted by molar-refractivity contribution is -0.146. The van der Waals surface area contributed by atoms with E-state index >= 15 is 0 Å². The zero-order valence-corrected chi connectivity index (χ0v) is 18.5. The summed E-state index contributed by atoms with van der Waals surface area (Å²) >= 11 is 0. The van der Waals surface area contributed by atoms with Crippen molar-refractivity contribution in [2.75, 3.05) is 46.4 Å². The van der Waals surface area contributed by atoms with Crippen molar-refractivity contribution in [2.24, 2.45) is 0 Å². The number of hydrogen-bond acceptors (Lipinski definition) is 7. The lowest BCUT2D eigenvalue weighted by atomic mass is 10.1. The highest BCUT2D eigenvalue weighted by molar-refractivity contribution is 5.75. The largest absolute Gasteiger partial charge is 0.492 e. The highest BCUT2D eigenvalue weighted by Gasteiger charge is 2.26. The van der Waals surface area contributed by atoms with Crippen LogP contribution in [0.25, 0.3) is 0 Å². The van der Waals surface area contributed by atoms with Crippen LogP contribution in [0.4, 0.5) is 0 Å². The summed E-state index contributed by atoms with van der Waals surface area (Å²) in [4.78, 5) is 23.5. The molecule has 0 bridgehead atoms. The summed E-state index contributed by atoms with van der Waals surface area (Å²) in [6.45, 7) is 9.91. The summed E-state index contributed by atoms with van der Waals surface area (Å²) in [5.74, 6) is 0.715. The van der Waals surface area contributed by atoms with E-state index in [1.54, 1.807) is 0 Å². The molecule has 0 amide bonds. The number of fused-ring (bicyclic) bond motifs is 1. The molecule has 4 rings (SSSR count). The van der Waals surface area contributed by atoms with E-state index in [1.807, 2.05) is 25.3 Å². The number of aromatic nitrogens is 1. The molecule has 3 heterocycles. The molecule has 7 nitrogen and oxygen atoms in total. The van der Waals surface area contributed by atoms with Crippen molar-refractivity contribution in [3.63, 3.8) is 0 Å². The Morgan fingerprint density at radius 1 is 1.10 bits per heavy atom. The number of rotatable bonds is 6. The maximum atomic E-state index is 12.0. The fraction of sp³-hybridized carbons (Fsp3) is 0.500. The Morgan fingerprint density at radius 3 is 2.58 bits per heavy atom. The highest BCUT2D eigenvalue weighted by atomic mass is 16.5. The normalized spacial score (nSPS) is 19.2. The van der Waals surface area contributed by atoms with Crippen LogP contribution < -0.4 is 4.74 Å². The van der Waals surface area contributed by atoms with Crippen LogP contribution in [0, 0.1) is 0 Å². The highest BCUT2D eigenvalue weighted by Crippen LogP contribution is 2.26. The van der Waals surface area contributed by atoms with Gasteiger partial charge in [-0.15, -0.1) is 0 Å². The van der Waals surface area contributed by atoms with Crippen molar-refractivity contribution >= 4 is 5.97 Å². The zero-order valence-electron chi connectivity index (χ0n) is 18.5. The predicted octanol–water partition coefficient (Wildman–Crippen LogP) is 2.16. The number of carbonyl (C=O) groups is 1. The van der Waals surface area contributed by atoms with Gasteiger partial charge in [-0.25, -0.2) is 0 Å².